The smallest absolute Gasteiger partial charge is 0.272 e. The van der Waals surface area contributed by atoms with Gasteiger partial charge in [-0.25, -0.2) is 5.09 Å². The largest absolute Gasteiger partial charge is 0.333 e. The van der Waals surface area contributed by atoms with E-state index in [-0.39, 0.29) is 12.2 Å². The molecule has 3 nitrogen and oxygen atoms in total. The van der Waals surface area contributed by atoms with Gasteiger partial charge in [-0.1, -0.05) is 60.7 Å². The molecule has 1 heterocycles. The minimum atomic E-state index is -3.51. The number of thiophene rings is 1. The molecule has 0 fully saturated rings. The first-order valence-electron chi connectivity index (χ1n) is 7.35. The Morgan fingerprint density at radius 3 is 2.00 bits per heavy atom. The van der Waals surface area contributed by atoms with Crippen LogP contribution in [0.25, 0.3) is 0 Å². The molecule has 0 amide bonds. The lowest BCUT2D eigenvalue weighted by Gasteiger charge is -2.23. The summed E-state index contributed by atoms with van der Waals surface area (Å²) in [4.78, 5) is 10.4. The van der Waals surface area contributed by atoms with Crippen LogP contribution in [0.4, 0.5) is 0 Å². The fourth-order valence-electron chi connectivity index (χ4n) is 2.51. The van der Waals surface area contributed by atoms with Crippen molar-refractivity contribution in [2.75, 3.05) is 0 Å². The first kappa shape index (κ1) is 16.2. The van der Waals surface area contributed by atoms with Gasteiger partial charge in [0.1, 0.15) is 0 Å². The summed E-state index contributed by atoms with van der Waals surface area (Å²) in [5.41, 5.74) is 2.82. The normalized spacial score (nSPS) is 13.8. The zero-order valence-corrected chi connectivity index (χ0v) is 14.2. The molecule has 0 aliphatic heterocycles. The fraction of sp³-hybridized carbons (Fsp3) is 0.111. The molecule has 5 heteroatoms. The van der Waals surface area contributed by atoms with Crippen LogP contribution in [0.3, 0.4) is 0 Å². The van der Waals surface area contributed by atoms with Gasteiger partial charge in [0.2, 0.25) is 0 Å². The number of rotatable bonds is 6. The van der Waals surface area contributed by atoms with E-state index in [2.05, 4.69) is 5.09 Å². The van der Waals surface area contributed by atoms with Gasteiger partial charge in [0, 0.05) is 0 Å². The summed E-state index contributed by atoms with van der Waals surface area (Å²) in [6.07, 6.45) is 0.132. The van der Waals surface area contributed by atoms with Gasteiger partial charge in [-0.3, -0.25) is 4.57 Å². The van der Waals surface area contributed by atoms with E-state index < -0.39 is 7.52 Å². The highest BCUT2D eigenvalue weighted by Crippen LogP contribution is 2.44. The van der Waals surface area contributed by atoms with Crippen LogP contribution in [0.2, 0.25) is 0 Å². The third-order valence-corrected chi connectivity index (χ3v) is 5.76. The molecule has 2 N–H and O–H groups in total. The maximum atomic E-state index is 12.7. The molecule has 118 valence electrons. The van der Waals surface area contributed by atoms with Crippen molar-refractivity contribution in [3.8, 4) is 0 Å². The third-order valence-electron chi connectivity index (χ3n) is 3.57. The van der Waals surface area contributed by atoms with Crippen LogP contribution in [-0.2, 0) is 10.7 Å². The molecular formula is C18H18NO2PS. The highest BCUT2D eigenvalue weighted by molar-refractivity contribution is 7.55. The van der Waals surface area contributed by atoms with Crippen molar-refractivity contribution in [2.45, 2.75) is 12.2 Å². The van der Waals surface area contributed by atoms with Crippen molar-refractivity contribution in [3.63, 3.8) is 0 Å². The maximum absolute atomic E-state index is 12.7. The summed E-state index contributed by atoms with van der Waals surface area (Å²) in [5.74, 6) is 0. The average Bonchev–Trinajstić information content (AvgIpc) is 3.06. The second-order valence-electron chi connectivity index (χ2n) is 5.37. The van der Waals surface area contributed by atoms with Crippen LogP contribution in [0.15, 0.2) is 77.5 Å². The minimum Gasteiger partial charge on any atom is -0.333 e. The average molecular weight is 343 g/mol. The van der Waals surface area contributed by atoms with E-state index in [0.717, 1.165) is 16.7 Å². The van der Waals surface area contributed by atoms with Crippen molar-refractivity contribution in [1.82, 2.24) is 5.09 Å². The highest BCUT2D eigenvalue weighted by atomic mass is 32.1. The van der Waals surface area contributed by atoms with Crippen molar-refractivity contribution >= 4 is 18.9 Å². The van der Waals surface area contributed by atoms with Gasteiger partial charge in [-0.05, 0) is 33.5 Å². The molecule has 1 aromatic heterocycles. The lowest BCUT2D eigenvalue weighted by atomic mass is 10.00. The van der Waals surface area contributed by atoms with Crippen molar-refractivity contribution in [2.24, 2.45) is 0 Å². The molecular weight excluding hydrogens is 325 g/mol. The summed E-state index contributed by atoms with van der Waals surface area (Å²) in [5, 5.41) is 6.81. The summed E-state index contributed by atoms with van der Waals surface area (Å²) in [6, 6.07) is 21.1. The van der Waals surface area contributed by atoms with E-state index >= 15 is 0 Å². The molecule has 0 aliphatic carbocycles. The Balaban J connectivity index is 1.88. The van der Waals surface area contributed by atoms with Crippen LogP contribution in [0, 0.1) is 0 Å². The van der Waals surface area contributed by atoms with Crippen molar-refractivity contribution < 1.29 is 9.46 Å². The van der Waals surface area contributed by atoms with Gasteiger partial charge in [0.05, 0.1) is 12.2 Å². The Morgan fingerprint density at radius 1 is 0.957 bits per heavy atom. The third kappa shape index (κ3) is 4.40. The van der Waals surface area contributed by atoms with E-state index in [1.54, 1.807) is 0 Å². The lowest BCUT2D eigenvalue weighted by molar-refractivity contribution is 0.454. The van der Waals surface area contributed by atoms with E-state index in [0.29, 0.717) is 0 Å². The number of nitrogens with one attached hydrogen (secondary N) is 1. The second-order valence-corrected chi connectivity index (χ2v) is 8.13. The Hall–Kier alpha value is -1.71. The zero-order chi connectivity index (χ0) is 16.1. The standard InChI is InChI=1S/C18H18NO2PS/c20-22(21,13-15-11-12-23-14-15)19-18(16-7-3-1-4-8-16)17-9-5-2-6-10-17/h1-12,14,18H,13H2,(H2,19,20,21). The van der Waals surface area contributed by atoms with Gasteiger partial charge in [-0.15, -0.1) is 0 Å². The number of hydrogen-bond acceptors (Lipinski definition) is 2. The van der Waals surface area contributed by atoms with Crippen molar-refractivity contribution in [3.05, 3.63) is 94.2 Å². The Kier molecular flexibility index (Phi) is 5.09. The number of hydrogen-bond donors (Lipinski definition) is 2. The molecule has 0 aliphatic rings. The molecule has 0 bridgehead atoms. The molecule has 0 radical (unpaired) electrons. The molecule has 0 saturated carbocycles. The molecule has 23 heavy (non-hydrogen) atoms. The predicted molar refractivity (Wildman–Crippen MR) is 95.7 cm³/mol. The Labute approximate surface area is 140 Å². The fourth-order valence-corrected chi connectivity index (χ4v) is 4.79. The maximum Gasteiger partial charge on any atom is 0.272 e. The van der Waals surface area contributed by atoms with Gasteiger partial charge in [0.15, 0.2) is 0 Å². The summed E-state index contributed by atoms with van der Waals surface area (Å²) < 4.78 is 12.7. The van der Waals surface area contributed by atoms with Gasteiger partial charge < -0.3 is 4.89 Å². The molecule has 3 aromatic rings. The highest BCUT2D eigenvalue weighted by Gasteiger charge is 2.25. The summed E-state index contributed by atoms with van der Waals surface area (Å²) in [6.45, 7) is 0. The zero-order valence-electron chi connectivity index (χ0n) is 12.5. The van der Waals surface area contributed by atoms with Gasteiger partial charge in [0.25, 0.3) is 7.52 Å². The topological polar surface area (TPSA) is 49.3 Å². The lowest BCUT2D eigenvalue weighted by Crippen LogP contribution is -2.20. The van der Waals surface area contributed by atoms with E-state index in [1.165, 1.54) is 11.3 Å². The SMILES string of the molecule is O=P(O)(Cc1ccsc1)NC(c1ccccc1)c1ccccc1. The van der Waals surface area contributed by atoms with E-state index in [4.69, 9.17) is 0 Å². The molecule has 1 unspecified atom stereocenters. The quantitative estimate of drug-likeness (QED) is 0.631. The first-order chi connectivity index (χ1) is 11.1. The van der Waals surface area contributed by atoms with Crippen LogP contribution < -0.4 is 5.09 Å². The van der Waals surface area contributed by atoms with Crippen molar-refractivity contribution in [1.29, 1.82) is 0 Å². The Bertz CT molecular complexity index is 736. The van der Waals surface area contributed by atoms with E-state index in [9.17, 15) is 9.46 Å². The van der Waals surface area contributed by atoms with Gasteiger partial charge >= 0.3 is 0 Å². The van der Waals surface area contributed by atoms with Crippen LogP contribution in [-0.4, -0.2) is 4.89 Å². The predicted octanol–water partition coefficient (Wildman–Crippen LogP) is 4.81. The summed E-state index contributed by atoms with van der Waals surface area (Å²) in [7, 11) is -3.51. The van der Waals surface area contributed by atoms with E-state index in [1.807, 2.05) is 77.5 Å². The Morgan fingerprint density at radius 2 is 1.52 bits per heavy atom. The second kappa shape index (κ2) is 7.24. The van der Waals surface area contributed by atoms with Crippen LogP contribution >= 0.6 is 18.9 Å². The minimum absolute atomic E-state index is 0.132. The van der Waals surface area contributed by atoms with Crippen LogP contribution in [0.1, 0.15) is 22.7 Å². The monoisotopic (exact) mass is 343 g/mol. The molecule has 0 spiro atoms. The molecule has 2 aromatic carbocycles. The molecule has 3 rings (SSSR count). The first-order valence-corrected chi connectivity index (χ1v) is 10.1. The van der Waals surface area contributed by atoms with Crippen LogP contribution in [0.5, 0.6) is 0 Å². The summed E-state index contributed by atoms with van der Waals surface area (Å²) >= 11 is 1.53. The van der Waals surface area contributed by atoms with Gasteiger partial charge in [-0.2, -0.15) is 11.3 Å². The molecule has 0 saturated heterocycles. The molecule has 1 atom stereocenters. The number of benzene rings is 2.